The van der Waals surface area contributed by atoms with Gasteiger partial charge in [-0.3, -0.25) is 0 Å². The number of benzene rings is 1. The van der Waals surface area contributed by atoms with Crippen molar-refractivity contribution in [1.29, 1.82) is 0 Å². The van der Waals surface area contributed by atoms with Crippen LogP contribution in [0.3, 0.4) is 0 Å². The molecule has 0 bridgehead atoms. The molecule has 108 valence electrons. The van der Waals surface area contributed by atoms with Gasteiger partial charge < -0.3 is 10.4 Å². The maximum atomic E-state index is 13.8. The summed E-state index contributed by atoms with van der Waals surface area (Å²) in [6.07, 6.45) is 0.505. The highest BCUT2D eigenvalue weighted by Crippen LogP contribution is 2.25. The van der Waals surface area contributed by atoms with Crippen LogP contribution in [-0.4, -0.2) is 22.7 Å². The summed E-state index contributed by atoms with van der Waals surface area (Å²) in [4.78, 5) is 4.24. The number of anilines is 1. The SMILES string of the molecule is CCC(C)C(O)CNc1cc(C)nc2c(F)cccc12. The molecule has 0 aliphatic heterocycles. The zero-order chi connectivity index (χ0) is 14.7. The molecule has 1 aromatic heterocycles. The number of hydrogen-bond acceptors (Lipinski definition) is 3. The molecule has 2 rings (SSSR count). The van der Waals surface area contributed by atoms with Gasteiger partial charge in [0, 0.05) is 23.3 Å². The number of halogens is 1. The van der Waals surface area contributed by atoms with Crippen LogP contribution in [0, 0.1) is 18.7 Å². The van der Waals surface area contributed by atoms with Crippen LogP contribution < -0.4 is 5.32 Å². The minimum absolute atomic E-state index is 0.230. The van der Waals surface area contributed by atoms with Gasteiger partial charge in [-0.2, -0.15) is 0 Å². The molecule has 0 fully saturated rings. The van der Waals surface area contributed by atoms with Crippen molar-refractivity contribution in [3.8, 4) is 0 Å². The van der Waals surface area contributed by atoms with Crippen molar-refractivity contribution < 1.29 is 9.50 Å². The number of aromatic nitrogens is 1. The number of aliphatic hydroxyl groups excluding tert-OH is 1. The van der Waals surface area contributed by atoms with Crippen molar-refractivity contribution >= 4 is 16.6 Å². The molecule has 0 spiro atoms. The van der Waals surface area contributed by atoms with E-state index in [9.17, 15) is 9.50 Å². The van der Waals surface area contributed by atoms with Crippen molar-refractivity contribution in [3.63, 3.8) is 0 Å². The van der Waals surface area contributed by atoms with Crippen molar-refractivity contribution in [2.75, 3.05) is 11.9 Å². The van der Waals surface area contributed by atoms with Crippen LogP contribution in [0.25, 0.3) is 10.9 Å². The van der Waals surface area contributed by atoms with Gasteiger partial charge in [-0.05, 0) is 25.0 Å². The van der Waals surface area contributed by atoms with Gasteiger partial charge in [0.1, 0.15) is 11.3 Å². The molecule has 2 aromatic rings. The van der Waals surface area contributed by atoms with Crippen LogP contribution in [-0.2, 0) is 0 Å². The Morgan fingerprint density at radius 3 is 2.85 bits per heavy atom. The Morgan fingerprint density at radius 1 is 1.40 bits per heavy atom. The number of aliphatic hydroxyl groups is 1. The van der Waals surface area contributed by atoms with E-state index in [4.69, 9.17) is 0 Å². The summed E-state index contributed by atoms with van der Waals surface area (Å²) in [6, 6.07) is 6.80. The summed E-state index contributed by atoms with van der Waals surface area (Å²) in [6.45, 7) is 6.35. The first-order chi connectivity index (χ1) is 9.52. The largest absolute Gasteiger partial charge is 0.391 e. The van der Waals surface area contributed by atoms with Crippen LogP contribution in [0.1, 0.15) is 26.0 Å². The minimum atomic E-state index is -0.419. The Labute approximate surface area is 118 Å². The van der Waals surface area contributed by atoms with E-state index < -0.39 is 6.10 Å². The molecule has 1 heterocycles. The van der Waals surface area contributed by atoms with E-state index in [1.807, 2.05) is 26.0 Å². The number of rotatable bonds is 5. The number of aryl methyl sites for hydroxylation is 1. The number of para-hydroxylation sites is 1. The first-order valence-electron chi connectivity index (χ1n) is 7.00. The molecule has 3 nitrogen and oxygen atoms in total. The van der Waals surface area contributed by atoms with Gasteiger partial charge in [-0.15, -0.1) is 0 Å². The Kier molecular flexibility index (Phi) is 4.55. The fourth-order valence-electron chi connectivity index (χ4n) is 2.18. The van der Waals surface area contributed by atoms with Gasteiger partial charge in [0.15, 0.2) is 0 Å². The highest BCUT2D eigenvalue weighted by Gasteiger charge is 2.13. The zero-order valence-corrected chi connectivity index (χ0v) is 12.2. The molecule has 2 atom stereocenters. The molecule has 2 unspecified atom stereocenters. The standard InChI is InChI=1S/C16H21FN2O/c1-4-10(2)15(20)9-18-14-8-11(3)19-16-12(14)6-5-7-13(16)17/h5-8,10,15,20H,4,9H2,1-3H3,(H,18,19). The average Bonchev–Trinajstić information content (AvgIpc) is 2.44. The maximum absolute atomic E-state index is 13.8. The second-order valence-electron chi connectivity index (χ2n) is 5.28. The Morgan fingerprint density at radius 2 is 2.15 bits per heavy atom. The second-order valence-corrected chi connectivity index (χ2v) is 5.28. The van der Waals surface area contributed by atoms with E-state index in [2.05, 4.69) is 17.2 Å². The Balaban J connectivity index is 2.28. The lowest BCUT2D eigenvalue weighted by atomic mass is 10.0. The average molecular weight is 276 g/mol. The minimum Gasteiger partial charge on any atom is -0.391 e. The summed E-state index contributed by atoms with van der Waals surface area (Å²) in [7, 11) is 0. The van der Waals surface area contributed by atoms with Crippen LogP contribution in [0.5, 0.6) is 0 Å². The number of nitrogens with one attached hydrogen (secondary N) is 1. The van der Waals surface area contributed by atoms with Gasteiger partial charge in [0.25, 0.3) is 0 Å². The third-order valence-corrected chi connectivity index (χ3v) is 3.72. The summed E-state index contributed by atoms with van der Waals surface area (Å²) in [5.41, 5.74) is 1.94. The molecule has 2 N–H and O–H groups in total. The topological polar surface area (TPSA) is 45.1 Å². The smallest absolute Gasteiger partial charge is 0.149 e. The second kappa shape index (κ2) is 6.18. The molecule has 0 aliphatic rings. The molecule has 0 aliphatic carbocycles. The first-order valence-corrected chi connectivity index (χ1v) is 7.00. The lowest BCUT2D eigenvalue weighted by molar-refractivity contribution is 0.126. The Hall–Kier alpha value is -1.68. The number of fused-ring (bicyclic) bond motifs is 1. The van der Waals surface area contributed by atoms with Crippen LogP contribution in [0.2, 0.25) is 0 Å². The molecule has 4 heteroatoms. The fourth-order valence-corrected chi connectivity index (χ4v) is 2.18. The van der Waals surface area contributed by atoms with Crippen LogP contribution in [0.15, 0.2) is 24.3 Å². The first kappa shape index (κ1) is 14.7. The van der Waals surface area contributed by atoms with Gasteiger partial charge in [-0.1, -0.05) is 32.4 Å². The van der Waals surface area contributed by atoms with Crippen molar-refractivity contribution in [2.45, 2.75) is 33.3 Å². The Bertz CT molecular complexity index is 600. The van der Waals surface area contributed by atoms with E-state index in [0.29, 0.717) is 12.1 Å². The van der Waals surface area contributed by atoms with Gasteiger partial charge >= 0.3 is 0 Å². The van der Waals surface area contributed by atoms with Gasteiger partial charge in [-0.25, -0.2) is 9.37 Å². The number of pyridine rings is 1. The molecule has 0 radical (unpaired) electrons. The molecular formula is C16H21FN2O. The number of nitrogens with zero attached hydrogens (tertiary/aromatic N) is 1. The fraction of sp³-hybridized carbons (Fsp3) is 0.438. The van der Waals surface area contributed by atoms with Gasteiger partial charge in [0.2, 0.25) is 0 Å². The maximum Gasteiger partial charge on any atom is 0.149 e. The zero-order valence-electron chi connectivity index (χ0n) is 12.2. The molecular weight excluding hydrogens is 255 g/mol. The molecule has 1 aromatic carbocycles. The van der Waals surface area contributed by atoms with E-state index in [1.165, 1.54) is 6.07 Å². The number of hydrogen-bond donors (Lipinski definition) is 2. The quantitative estimate of drug-likeness (QED) is 0.878. The summed E-state index contributed by atoms with van der Waals surface area (Å²) in [5.74, 6) is -0.0924. The van der Waals surface area contributed by atoms with E-state index >= 15 is 0 Å². The van der Waals surface area contributed by atoms with Crippen LogP contribution >= 0.6 is 0 Å². The highest BCUT2D eigenvalue weighted by molar-refractivity contribution is 5.91. The molecule has 0 saturated carbocycles. The van der Waals surface area contributed by atoms with Crippen LogP contribution in [0.4, 0.5) is 10.1 Å². The van der Waals surface area contributed by atoms with Crippen molar-refractivity contribution in [1.82, 2.24) is 4.98 Å². The third kappa shape index (κ3) is 3.07. The normalized spacial score (nSPS) is 14.2. The summed E-state index contributed by atoms with van der Waals surface area (Å²) < 4.78 is 13.8. The van der Waals surface area contributed by atoms with Gasteiger partial charge in [0.05, 0.1) is 6.10 Å². The van der Waals surface area contributed by atoms with E-state index in [-0.39, 0.29) is 11.7 Å². The lowest BCUT2D eigenvalue weighted by Gasteiger charge is -2.19. The molecule has 0 amide bonds. The third-order valence-electron chi connectivity index (χ3n) is 3.72. The van der Waals surface area contributed by atoms with Crippen molar-refractivity contribution in [3.05, 3.63) is 35.8 Å². The predicted molar refractivity (Wildman–Crippen MR) is 80.4 cm³/mol. The molecule has 20 heavy (non-hydrogen) atoms. The molecule has 0 saturated heterocycles. The summed E-state index contributed by atoms with van der Waals surface area (Å²) >= 11 is 0. The monoisotopic (exact) mass is 276 g/mol. The lowest BCUT2D eigenvalue weighted by Crippen LogP contribution is -2.26. The van der Waals surface area contributed by atoms with E-state index in [0.717, 1.165) is 23.2 Å². The van der Waals surface area contributed by atoms with E-state index in [1.54, 1.807) is 6.07 Å². The van der Waals surface area contributed by atoms with Crippen molar-refractivity contribution in [2.24, 2.45) is 5.92 Å². The highest BCUT2D eigenvalue weighted by atomic mass is 19.1. The summed E-state index contributed by atoms with van der Waals surface area (Å²) in [5, 5.41) is 14.0. The predicted octanol–water partition coefficient (Wildman–Crippen LogP) is 3.50.